The number of carbonyl (C=O) groups excluding carboxylic acids is 1. The summed E-state index contributed by atoms with van der Waals surface area (Å²) in [6, 6.07) is 9.55. The molecule has 138 valence electrons. The molecule has 1 aliphatic heterocycles. The molecule has 0 saturated carbocycles. The molecule has 0 unspecified atom stereocenters. The van der Waals surface area contributed by atoms with Gasteiger partial charge in [-0.1, -0.05) is 32.0 Å². The smallest absolute Gasteiger partial charge is 0.254 e. The van der Waals surface area contributed by atoms with E-state index in [1.807, 2.05) is 19.9 Å². The maximum absolute atomic E-state index is 14.0. The van der Waals surface area contributed by atoms with E-state index in [-0.39, 0.29) is 23.2 Å². The van der Waals surface area contributed by atoms with Crippen molar-refractivity contribution in [3.8, 4) is 0 Å². The Kier molecular flexibility index (Phi) is 4.88. The summed E-state index contributed by atoms with van der Waals surface area (Å²) in [4.78, 5) is 14.8. The van der Waals surface area contributed by atoms with Crippen molar-refractivity contribution in [2.24, 2.45) is 5.92 Å². The average Bonchev–Trinajstić information content (AvgIpc) is 2.98. The van der Waals surface area contributed by atoms with Gasteiger partial charge in [-0.3, -0.25) is 4.79 Å². The maximum atomic E-state index is 14.0. The summed E-state index contributed by atoms with van der Waals surface area (Å²) in [7, 11) is -3.42. The van der Waals surface area contributed by atoms with Crippen LogP contribution in [0.25, 0.3) is 0 Å². The van der Waals surface area contributed by atoms with E-state index in [1.54, 1.807) is 23.1 Å². The van der Waals surface area contributed by atoms with E-state index >= 15 is 0 Å². The summed E-state index contributed by atoms with van der Waals surface area (Å²) in [5.74, 6) is -0.259. The van der Waals surface area contributed by atoms with Crippen molar-refractivity contribution in [1.29, 1.82) is 0 Å². The van der Waals surface area contributed by atoms with Gasteiger partial charge < -0.3 is 4.90 Å². The van der Waals surface area contributed by atoms with Crippen LogP contribution in [0.4, 0.5) is 4.39 Å². The third-order valence-corrected chi connectivity index (χ3v) is 5.69. The number of benzene rings is 2. The van der Waals surface area contributed by atoms with Crippen LogP contribution in [-0.4, -0.2) is 25.5 Å². The van der Waals surface area contributed by atoms with Gasteiger partial charge in [0.25, 0.3) is 5.91 Å². The summed E-state index contributed by atoms with van der Waals surface area (Å²) in [5, 5.41) is 0. The molecule has 1 amide bonds. The molecule has 2 aromatic rings. The maximum Gasteiger partial charge on any atom is 0.254 e. The molecule has 4 nitrogen and oxygen atoms in total. The zero-order chi connectivity index (χ0) is 19.1. The zero-order valence-electron chi connectivity index (χ0n) is 15.1. The van der Waals surface area contributed by atoms with E-state index in [0.717, 1.165) is 17.4 Å². The third-order valence-electron chi connectivity index (χ3n) is 4.58. The van der Waals surface area contributed by atoms with E-state index in [1.165, 1.54) is 12.1 Å². The number of hydrogen-bond donors (Lipinski definition) is 0. The Hall–Kier alpha value is -2.21. The van der Waals surface area contributed by atoms with E-state index in [9.17, 15) is 17.6 Å². The summed E-state index contributed by atoms with van der Waals surface area (Å²) >= 11 is 0. The Morgan fingerprint density at radius 2 is 1.92 bits per heavy atom. The first kappa shape index (κ1) is 18.6. The van der Waals surface area contributed by atoms with Gasteiger partial charge in [0.1, 0.15) is 5.82 Å². The molecule has 0 aliphatic carbocycles. The van der Waals surface area contributed by atoms with Gasteiger partial charge in [-0.2, -0.15) is 0 Å². The van der Waals surface area contributed by atoms with Crippen LogP contribution in [0, 0.1) is 11.7 Å². The quantitative estimate of drug-likeness (QED) is 0.821. The first-order chi connectivity index (χ1) is 12.2. The fourth-order valence-corrected chi connectivity index (χ4v) is 3.95. The Morgan fingerprint density at radius 3 is 2.54 bits per heavy atom. The molecule has 0 saturated heterocycles. The predicted molar refractivity (Wildman–Crippen MR) is 98.1 cm³/mol. The molecule has 0 spiro atoms. The molecule has 0 radical (unpaired) electrons. The van der Waals surface area contributed by atoms with Gasteiger partial charge in [0.2, 0.25) is 0 Å². The van der Waals surface area contributed by atoms with Crippen LogP contribution in [0.15, 0.2) is 41.3 Å². The fourth-order valence-electron chi connectivity index (χ4n) is 3.30. The van der Waals surface area contributed by atoms with Crippen molar-refractivity contribution < 1.29 is 17.6 Å². The number of carbonyl (C=O) groups is 1. The molecule has 0 atom stereocenters. The third kappa shape index (κ3) is 3.65. The molecule has 0 aromatic heterocycles. The second-order valence-corrected chi connectivity index (χ2v) is 9.24. The minimum absolute atomic E-state index is 0.122. The molecular weight excluding hydrogens is 353 g/mol. The lowest BCUT2D eigenvalue weighted by Gasteiger charge is -2.19. The van der Waals surface area contributed by atoms with Crippen LogP contribution >= 0.6 is 0 Å². The Labute approximate surface area is 153 Å². The number of rotatable bonds is 4. The fraction of sp³-hybridized carbons (Fsp3) is 0.350. The second-order valence-electron chi connectivity index (χ2n) is 7.23. The first-order valence-electron chi connectivity index (χ1n) is 8.55. The van der Waals surface area contributed by atoms with Gasteiger partial charge in [0.05, 0.1) is 4.90 Å². The number of amides is 1. The lowest BCUT2D eigenvalue weighted by molar-refractivity contribution is 0.0749. The molecule has 26 heavy (non-hydrogen) atoms. The Bertz CT molecular complexity index is 967. The number of sulfone groups is 1. The molecule has 0 bridgehead atoms. The molecule has 0 fully saturated rings. The van der Waals surface area contributed by atoms with E-state index < -0.39 is 9.84 Å². The molecule has 3 rings (SSSR count). The number of halogens is 1. The summed E-state index contributed by atoms with van der Waals surface area (Å²) in [6.45, 7) is 4.61. The second kappa shape index (κ2) is 6.83. The highest BCUT2D eigenvalue weighted by Gasteiger charge is 2.28. The van der Waals surface area contributed by atoms with Crippen LogP contribution < -0.4 is 0 Å². The zero-order valence-corrected chi connectivity index (χ0v) is 15.9. The Balaban J connectivity index is 1.99. The van der Waals surface area contributed by atoms with Crippen LogP contribution in [0.5, 0.6) is 0 Å². The molecule has 2 aromatic carbocycles. The van der Waals surface area contributed by atoms with Gasteiger partial charge in [0, 0.05) is 30.5 Å². The van der Waals surface area contributed by atoms with Crippen molar-refractivity contribution in [2.45, 2.75) is 38.3 Å². The standard InChI is InChI=1S/C20H22FNO3S/c1-13(2)9-14-7-8-16(26(3,24)25)10-17(14)20(23)22-11-15-5-4-6-19(21)18(15)12-22/h4-8,10,13H,9,11-12H2,1-3H3. The molecule has 1 heterocycles. The SMILES string of the molecule is CC(C)Cc1ccc(S(C)(=O)=O)cc1C(=O)N1Cc2cccc(F)c2C1. The van der Waals surface area contributed by atoms with Crippen molar-refractivity contribution >= 4 is 15.7 Å². The highest BCUT2D eigenvalue weighted by Crippen LogP contribution is 2.28. The molecule has 6 heteroatoms. The minimum atomic E-state index is -3.42. The largest absolute Gasteiger partial charge is 0.330 e. The number of fused-ring (bicyclic) bond motifs is 1. The van der Waals surface area contributed by atoms with E-state index in [2.05, 4.69) is 0 Å². The van der Waals surface area contributed by atoms with Crippen molar-refractivity contribution in [3.63, 3.8) is 0 Å². The lowest BCUT2D eigenvalue weighted by atomic mass is 9.97. The first-order valence-corrected chi connectivity index (χ1v) is 10.4. The van der Waals surface area contributed by atoms with E-state index in [0.29, 0.717) is 30.0 Å². The van der Waals surface area contributed by atoms with Gasteiger partial charge in [-0.15, -0.1) is 0 Å². The molecule has 1 aliphatic rings. The topological polar surface area (TPSA) is 54.5 Å². The average molecular weight is 375 g/mol. The summed E-state index contributed by atoms with van der Waals surface area (Å²) in [6.07, 6.45) is 1.79. The van der Waals surface area contributed by atoms with Crippen LogP contribution in [0.3, 0.4) is 0 Å². The van der Waals surface area contributed by atoms with Gasteiger partial charge >= 0.3 is 0 Å². The highest BCUT2D eigenvalue weighted by atomic mass is 32.2. The monoisotopic (exact) mass is 375 g/mol. The number of nitrogens with zero attached hydrogens (tertiary/aromatic N) is 1. The Morgan fingerprint density at radius 1 is 1.19 bits per heavy atom. The van der Waals surface area contributed by atoms with Gasteiger partial charge in [0.15, 0.2) is 9.84 Å². The predicted octanol–water partition coefficient (Wildman–Crippen LogP) is 3.58. The van der Waals surface area contributed by atoms with Crippen LogP contribution in [0.1, 0.15) is 40.9 Å². The summed E-state index contributed by atoms with van der Waals surface area (Å²) in [5.41, 5.74) is 2.53. The van der Waals surface area contributed by atoms with E-state index in [4.69, 9.17) is 0 Å². The normalized spacial score (nSPS) is 14.0. The van der Waals surface area contributed by atoms with Crippen molar-refractivity contribution in [2.75, 3.05) is 6.26 Å². The lowest BCUT2D eigenvalue weighted by Crippen LogP contribution is -2.27. The van der Waals surface area contributed by atoms with Gasteiger partial charge in [-0.05, 0) is 41.7 Å². The van der Waals surface area contributed by atoms with Gasteiger partial charge in [-0.25, -0.2) is 12.8 Å². The molecule has 0 N–H and O–H groups in total. The minimum Gasteiger partial charge on any atom is -0.330 e. The van der Waals surface area contributed by atoms with Crippen LogP contribution in [0.2, 0.25) is 0 Å². The van der Waals surface area contributed by atoms with Crippen molar-refractivity contribution in [1.82, 2.24) is 4.90 Å². The number of hydrogen-bond acceptors (Lipinski definition) is 3. The van der Waals surface area contributed by atoms with Crippen LogP contribution in [-0.2, 0) is 29.3 Å². The summed E-state index contributed by atoms with van der Waals surface area (Å²) < 4.78 is 37.8. The molecular formula is C20H22FNO3S. The highest BCUT2D eigenvalue weighted by molar-refractivity contribution is 7.90. The van der Waals surface area contributed by atoms with Crippen molar-refractivity contribution in [3.05, 3.63) is 64.5 Å².